The Hall–Kier alpha value is -3.15. The van der Waals surface area contributed by atoms with E-state index in [0.29, 0.717) is 16.9 Å². The molecule has 0 aliphatic rings. The van der Waals surface area contributed by atoms with Gasteiger partial charge in [-0.05, 0) is 31.5 Å². The summed E-state index contributed by atoms with van der Waals surface area (Å²) in [5.41, 5.74) is 2.19. The normalized spacial score (nSPS) is 11.8. The number of hydrogen-bond donors (Lipinski definition) is 1. The molecule has 1 heterocycles. The van der Waals surface area contributed by atoms with E-state index in [-0.39, 0.29) is 5.76 Å². The number of hydrogen-bond acceptors (Lipinski definition) is 4. The lowest BCUT2D eigenvalue weighted by Crippen LogP contribution is -2.16. The summed E-state index contributed by atoms with van der Waals surface area (Å²) in [5, 5.41) is 6.48. The molecule has 1 aromatic heterocycles. The molecule has 6 heteroatoms. The average molecular weight is 340 g/mol. The Bertz CT molecular complexity index is 877. The number of carbonyl (C=O) groups excluding carboxylic acids is 1. The molecule has 128 valence electrons. The molecule has 0 saturated carbocycles. The summed E-state index contributed by atoms with van der Waals surface area (Å²) in [6, 6.07) is 15.3. The van der Waals surface area contributed by atoms with E-state index in [9.17, 15) is 9.18 Å². The van der Waals surface area contributed by atoms with Gasteiger partial charge in [-0.2, -0.15) is 0 Å². The molecular formula is C19H17FN2O3. The summed E-state index contributed by atoms with van der Waals surface area (Å²) in [7, 11) is 0. The molecule has 0 aliphatic heterocycles. The van der Waals surface area contributed by atoms with E-state index in [0.717, 1.165) is 5.56 Å². The summed E-state index contributed by atoms with van der Waals surface area (Å²) in [4.78, 5) is 12.2. The second-order valence-corrected chi connectivity index (χ2v) is 5.57. The monoisotopic (exact) mass is 340 g/mol. The van der Waals surface area contributed by atoms with Gasteiger partial charge < -0.3 is 9.26 Å². The van der Waals surface area contributed by atoms with Crippen molar-refractivity contribution in [3.05, 3.63) is 71.7 Å². The molecule has 2 aromatic carbocycles. The van der Waals surface area contributed by atoms with Crippen LogP contribution >= 0.6 is 0 Å². The van der Waals surface area contributed by atoms with Crippen molar-refractivity contribution in [3.63, 3.8) is 0 Å². The number of aryl methyl sites for hydroxylation is 1. The number of rotatable bonds is 4. The lowest BCUT2D eigenvalue weighted by Gasteiger charge is -2.14. The van der Waals surface area contributed by atoms with Crippen LogP contribution in [0.1, 0.15) is 24.3 Å². The Morgan fingerprint density at radius 1 is 1.20 bits per heavy atom. The van der Waals surface area contributed by atoms with Crippen LogP contribution in [0.5, 0.6) is 0 Å². The number of benzene rings is 2. The summed E-state index contributed by atoms with van der Waals surface area (Å²) in [6.45, 7) is 3.46. The van der Waals surface area contributed by atoms with Crippen molar-refractivity contribution in [3.8, 4) is 11.3 Å². The number of anilines is 1. The predicted molar refractivity (Wildman–Crippen MR) is 91.6 cm³/mol. The van der Waals surface area contributed by atoms with Crippen molar-refractivity contribution in [1.82, 2.24) is 5.16 Å². The number of aromatic nitrogens is 1. The van der Waals surface area contributed by atoms with Crippen LogP contribution in [0.25, 0.3) is 11.3 Å². The SMILES string of the molecule is Cc1noc(-c2cccc(F)c2)c1NC(=O)OC(C)c1ccccc1. The fraction of sp³-hybridized carbons (Fsp3) is 0.158. The highest BCUT2D eigenvalue weighted by atomic mass is 19.1. The smallest absolute Gasteiger partial charge is 0.412 e. The van der Waals surface area contributed by atoms with Crippen LogP contribution in [0, 0.1) is 12.7 Å². The van der Waals surface area contributed by atoms with Crippen LogP contribution in [0.4, 0.5) is 14.9 Å². The molecule has 1 amide bonds. The van der Waals surface area contributed by atoms with Crippen molar-refractivity contribution < 1.29 is 18.4 Å². The molecule has 25 heavy (non-hydrogen) atoms. The molecule has 1 N–H and O–H groups in total. The van der Waals surface area contributed by atoms with Crippen molar-refractivity contribution >= 4 is 11.8 Å². The topological polar surface area (TPSA) is 64.4 Å². The van der Waals surface area contributed by atoms with Crippen LogP contribution in [0.2, 0.25) is 0 Å². The highest BCUT2D eigenvalue weighted by Crippen LogP contribution is 2.31. The predicted octanol–water partition coefficient (Wildman–Crippen LogP) is 5.10. The van der Waals surface area contributed by atoms with Gasteiger partial charge in [0.25, 0.3) is 0 Å². The van der Waals surface area contributed by atoms with E-state index in [4.69, 9.17) is 9.26 Å². The maximum absolute atomic E-state index is 13.4. The Morgan fingerprint density at radius 2 is 1.96 bits per heavy atom. The van der Waals surface area contributed by atoms with E-state index in [1.165, 1.54) is 12.1 Å². The molecule has 0 fully saturated rings. The lowest BCUT2D eigenvalue weighted by molar-refractivity contribution is 0.121. The van der Waals surface area contributed by atoms with Crippen LogP contribution in [0.15, 0.2) is 59.1 Å². The zero-order valence-corrected chi connectivity index (χ0v) is 13.8. The van der Waals surface area contributed by atoms with Gasteiger partial charge in [0, 0.05) is 5.56 Å². The second-order valence-electron chi connectivity index (χ2n) is 5.57. The van der Waals surface area contributed by atoms with E-state index >= 15 is 0 Å². The Kier molecular flexibility index (Phi) is 4.79. The van der Waals surface area contributed by atoms with Gasteiger partial charge in [-0.15, -0.1) is 0 Å². The molecule has 0 bridgehead atoms. The van der Waals surface area contributed by atoms with Crippen molar-refractivity contribution in [2.45, 2.75) is 20.0 Å². The van der Waals surface area contributed by atoms with E-state index in [1.54, 1.807) is 26.0 Å². The summed E-state index contributed by atoms with van der Waals surface area (Å²) < 4.78 is 24.1. The van der Waals surface area contributed by atoms with Gasteiger partial charge in [-0.1, -0.05) is 47.6 Å². The molecule has 0 spiro atoms. The molecule has 0 radical (unpaired) electrons. The Balaban J connectivity index is 1.77. The van der Waals surface area contributed by atoms with E-state index in [1.807, 2.05) is 30.3 Å². The fourth-order valence-electron chi connectivity index (χ4n) is 2.43. The minimum Gasteiger partial charge on any atom is -0.441 e. The molecule has 0 saturated heterocycles. The van der Waals surface area contributed by atoms with Crippen LogP contribution in [-0.2, 0) is 4.74 Å². The maximum atomic E-state index is 13.4. The van der Waals surface area contributed by atoms with Gasteiger partial charge in [-0.25, -0.2) is 9.18 Å². The van der Waals surface area contributed by atoms with Gasteiger partial charge >= 0.3 is 6.09 Å². The van der Waals surface area contributed by atoms with Gasteiger partial charge in [0.15, 0.2) is 5.76 Å². The van der Waals surface area contributed by atoms with Crippen LogP contribution in [-0.4, -0.2) is 11.2 Å². The quantitative estimate of drug-likeness (QED) is 0.718. The lowest BCUT2D eigenvalue weighted by atomic mass is 10.1. The number of ether oxygens (including phenoxy) is 1. The van der Waals surface area contributed by atoms with E-state index in [2.05, 4.69) is 10.5 Å². The first-order valence-corrected chi connectivity index (χ1v) is 7.79. The van der Waals surface area contributed by atoms with Crippen molar-refractivity contribution in [2.24, 2.45) is 0 Å². The Morgan fingerprint density at radius 3 is 2.68 bits per heavy atom. The third-order valence-corrected chi connectivity index (χ3v) is 3.73. The first-order valence-electron chi connectivity index (χ1n) is 7.79. The molecule has 3 rings (SSSR count). The zero-order valence-electron chi connectivity index (χ0n) is 13.8. The number of nitrogens with one attached hydrogen (secondary N) is 1. The van der Waals surface area contributed by atoms with Crippen LogP contribution < -0.4 is 5.32 Å². The van der Waals surface area contributed by atoms with Crippen molar-refractivity contribution in [1.29, 1.82) is 0 Å². The van der Waals surface area contributed by atoms with Crippen molar-refractivity contribution in [2.75, 3.05) is 5.32 Å². The highest BCUT2D eigenvalue weighted by molar-refractivity contribution is 5.90. The molecule has 1 unspecified atom stereocenters. The van der Waals surface area contributed by atoms with Crippen LogP contribution in [0.3, 0.4) is 0 Å². The number of halogens is 1. The standard InChI is InChI=1S/C19H17FN2O3/c1-12-17(18(25-22-12)15-9-6-10-16(20)11-15)21-19(23)24-13(2)14-7-4-3-5-8-14/h3-11,13H,1-2H3,(H,21,23). The highest BCUT2D eigenvalue weighted by Gasteiger charge is 2.20. The summed E-state index contributed by atoms with van der Waals surface area (Å²) in [5.74, 6) is -0.126. The summed E-state index contributed by atoms with van der Waals surface area (Å²) >= 11 is 0. The third kappa shape index (κ3) is 3.85. The Labute approximate surface area is 144 Å². The maximum Gasteiger partial charge on any atom is 0.412 e. The molecule has 5 nitrogen and oxygen atoms in total. The third-order valence-electron chi connectivity index (χ3n) is 3.73. The molecule has 3 aromatic rings. The summed E-state index contributed by atoms with van der Waals surface area (Å²) in [6.07, 6.45) is -1.06. The average Bonchev–Trinajstić information content (AvgIpc) is 2.96. The van der Waals surface area contributed by atoms with Gasteiger partial charge in [0.2, 0.25) is 0 Å². The fourth-order valence-corrected chi connectivity index (χ4v) is 2.43. The minimum atomic E-state index is -0.639. The molecular weight excluding hydrogens is 323 g/mol. The first kappa shape index (κ1) is 16.7. The number of carbonyl (C=O) groups is 1. The zero-order chi connectivity index (χ0) is 17.8. The van der Waals surface area contributed by atoms with E-state index < -0.39 is 18.0 Å². The number of amides is 1. The van der Waals surface area contributed by atoms with Gasteiger partial charge in [0.1, 0.15) is 23.3 Å². The van der Waals surface area contributed by atoms with Gasteiger partial charge in [0.05, 0.1) is 0 Å². The number of nitrogens with zero attached hydrogens (tertiary/aromatic N) is 1. The molecule has 0 aliphatic carbocycles. The second kappa shape index (κ2) is 7.17. The largest absolute Gasteiger partial charge is 0.441 e. The van der Waals surface area contributed by atoms with Gasteiger partial charge in [-0.3, -0.25) is 5.32 Å². The first-order chi connectivity index (χ1) is 12.0. The molecule has 1 atom stereocenters. The minimum absolute atomic E-state index is 0.279.